The Bertz CT molecular complexity index is 495. The first-order valence-electron chi connectivity index (χ1n) is 6.83. The predicted molar refractivity (Wildman–Crippen MR) is 70.9 cm³/mol. The Hall–Kier alpha value is -1.71. The van der Waals surface area contributed by atoms with Crippen molar-refractivity contribution in [1.29, 1.82) is 0 Å². The summed E-state index contributed by atoms with van der Waals surface area (Å²) < 4.78 is 9.50. The van der Waals surface area contributed by atoms with Gasteiger partial charge in [-0.1, -0.05) is 0 Å². The van der Waals surface area contributed by atoms with E-state index < -0.39 is 67.1 Å². The first kappa shape index (κ1) is 21.3. The molecule has 0 aliphatic carbocycles. The van der Waals surface area contributed by atoms with Crippen LogP contribution in [0.4, 0.5) is 0 Å². The van der Waals surface area contributed by atoms with Crippen molar-refractivity contribution in [2.75, 3.05) is 0 Å². The Balaban J connectivity index is 3.06. The van der Waals surface area contributed by atoms with Crippen molar-refractivity contribution in [3.8, 4) is 0 Å². The van der Waals surface area contributed by atoms with Crippen LogP contribution in [0.2, 0.25) is 0 Å². The maximum atomic E-state index is 11.0. The predicted octanol–water partition coefficient (Wildman–Crippen LogP) is -5.37. The Labute approximate surface area is 139 Å². The lowest BCUT2D eigenvalue weighted by Gasteiger charge is -2.40. The van der Waals surface area contributed by atoms with Crippen LogP contribution in [0.3, 0.4) is 0 Å². The summed E-state index contributed by atoms with van der Waals surface area (Å²) in [5.74, 6) is -3.70. The van der Waals surface area contributed by atoms with Crippen LogP contribution in [0.25, 0.3) is 0 Å². The highest BCUT2D eigenvalue weighted by atomic mass is 16.7. The largest absolute Gasteiger partial charge is 0.479 e. The summed E-state index contributed by atoms with van der Waals surface area (Å²) in [6.07, 6.45) is -19.9. The van der Waals surface area contributed by atoms with Crippen molar-refractivity contribution < 1.29 is 64.7 Å². The van der Waals surface area contributed by atoms with E-state index in [4.69, 9.17) is 19.7 Å². The van der Waals surface area contributed by atoms with Gasteiger partial charge in [0.2, 0.25) is 0 Å². The molecule has 0 spiro atoms. The minimum atomic E-state index is -2.52. The zero-order valence-electron chi connectivity index (χ0n) is 12.4. The molecule has 0 unspecified atom stereocenters. The van der Waals surface area contributed by atoms with Gasteiger partial charge in [-0.05, 0) is 0 Å². The summed E-state index contributed by atoms with van der Waals surface area (Å²) in [6.45, 7) is 0. The third-order valence-corrected chi connectivity index (χ3v) is 3.49. The van der Waals surface area contributed by atoms with E-state index >= 15 is 0 Å². The van der Waals surface area contributed by atoms with Gasteiger partial charge >= 0.3 is 11.9 Å². The number of carbonyl (C=O) groups excluding carboxylic acids is 1. The second-order valence-electron chi connectivity index (χ2n) is 5.24. The van der Waals surface area contributed by atoms with Gasteiger partial charge in [-0.3, -0.25) is 0 Å². The molecule has 1 rings (SSSR count). The van der Waals surface area contributed by atoms with E-state index in [1.807, 2.05) is 0 Å². The summed E-state index contributed by atoms with van der Waals surface area (Å²) in [5.41, 5.74) is 0. The fraction of sp³-hybridized carbons (Fsp3) is 0.750. The number of carboxylic acids is 2. The number of aldehydes is 1. The highest BCUT2D eigenvalue weighted by Gasteiger charge is 2.50. The Morgan fingerprint density at radius 3 is 2.00 bits per heavy atom. The van der Waals surface area contributed by atoms with Crippen LogP contribution in [0, 0.1) is 0 Å². The van der Waals surface area contributed by atoms with Gasteiger partial charge in [0, 0.05) is 0 Å². The molecular weight excluding hydrogens is 352 g/mol. The van der Waals surface area contributed by atoms with E-state index in [9.17, 15) is 45.0 Å². The Morgan fingerprint density at radius 2 is 1.56 bits per heavy atom. The van der Waals surface area contributed by atoms with Gasteiger partial charge in [-0.2, -0.15) is 0 Å². The van der Waals surface area contributed by atoms with Gasteiger partial charge in [0.05, 0.1) is 0 Å². The van der Waals surface area contributed by atoms with E-state index in [1.54, 1.807) is 0 Å². The monoisotopic (exact) mass is 370 g/mol. The van der Waals surface area contributed by atoms with Crippen molar-refractivity contribution in [3.05, 3.63) is 0 Å². The molecule has 13 nitrogen and oxygen atoms in total. The van der Waals surface area contributed by atoms with Crippen molar-refractivity contribution in [2.45, 2.75) is 55.1 Å². The van der Waals surface area contributed by atoms with Gasteiger partial charge < -0.3 is 55.1 Å². The first-order chi connectivity index (χ1) is 11.5. The molecule has 1 aliphatic heterocycles. The number of aliphatic carboxylic acids is 2. The van der Waals surface area contributed by atoms with Crippen LogP contribution >= 0.6 is 0 Å². The maximum absolute atomic E-state index is 11.0. The SMILES string of the molecule is O=C[C@H](O)[C@@H](O)[C@@H](O[C@H]1O[C@H](C(=O)O)[C@H](O)[C@H](O)[C@H]1O)[C@H](O)C(=O)O. The molecule has 1 aliphatic rings. The molecule has 0 bridgehead atoms. The topological polar surface area (TPSA) is 232 Å². The van der Waals surface area contributed by atoms with E-state index in [-0.39, 0.29) is 6.29 Å². The standard InChI is InChI=1S/C12H18O13/c13-1-2(14)3(15)8(7(19)10(20)21)24-12-6(18)4(16)5(17)9(25-12)11(22)23/h1-9,12,14-19H,(H,20,21)(H,22,23)/t2-,3+,4-,5+,6+,7-,8+,9-,12-/m0/s1. The van der Waals surface area contributed by atoms with Crippen LogP contribution in [-0.4, -0.2) is 114 Å². The number of rotatable bonds is 8. The van der Waals surface area contributed by atoms with Crippen molar-refractivity contribution in [3.63, 3.8) is 0 Å². The van der Waals surface area contributed by atoms with Gasteiger partial charge in [-0.25, -0.2) is 9.59 Å². The highest BCUT2D eigenvalue weighted by Crippen LogP contribution is 2.25. The number of carboxylic acid groups (broad SMARTS) is 2. The molecule has 0 aromatic carbocycles. The Morgan fingerprint density at radius 1 is 1.00 bits per heavy atom. The third-order valence-electron chi connectivity index (χ3n) is 3.49. The van der Waals surface area contributed by atoms with E-state index in [0.717, 1.165) is 0 Å². The minimum Gasteiger partial charge on any atom is -0.479 e. The lowest BCUT2D eigenvalue weighted by Crippen LogP contribution is -2.62. The molecule has 9 atom stereocenters. The van der Waals surface area contributed by atoms with Crippen molar-refractivity contribution >= 4 is 18.2 Å². The quantitative estimate of drug-likeness (QED) is 0.187. The van der Waals surface area contributed by atoms with Gasteiger partial charge in [0.25, 0.3) is 0 Å². The number of aliphatic hydroxyl groups excluding tert-OH is 6. The summed E-state index contributed by atoms with van der Waals surface area (Å²) in [7, 11) is 0. The van der Waals surface area contributed by atoms with Crippen LogP contribution in [-0.2, 0) is 23.9 Å². The van der Waals surface area contributed by atoms with Crippen LogP contribution < -0.4 is 0 Å². The van der Waals surface area contributed by atoms with Gasteiger partial charge in [0.1, 0.15) is 36.6 Å². The molecular formula is C12H18O13. The second kappa shape index (κ2) is 8.59. The van der Waals surface area contributed by atoms with Crippen LogP contribution in [0.5, 0.6) is 0 Å². The Kier molecular flexibility index (Phi) is 7.33. The van der Waals surface area contributed by atoms with Gasteiger partial charge in [0.15, 0.2) is 24.8 Å². The van der Waals surface area contributed by atoms with E-state index in [0.29, 0.717) is 0 Å². The van der Waals surface area contributed by atoms with E-state index in [2.05, 4.69) is 0 Å². The smallest absolute Gasteiger partial charge is 0.335 e. The lowest BCUT2D eigenvalue weighted by atomic mass is 9.98. The average molecular weight is 370 g/mol. The molecule has 13 heteroatoms. The number of carbonyl (C=O) groups is 3. The fourth-order valence-electron chi connectivity index (χ4n) is 2.08. The maximum Gasteiger partial charge on any atom is 0.335 e. The first-order valence-corrected chi connectivity index (χ1v) is 6.83. The van der Waals surface area contributed by atoms with Crippen LogP contribution in [0.15, 0.2) is 0 Å². The highest BCUT2D eigenvalue weighted by molar-refractivity contribution is 5.73. The number of ether oxygens (including phenoxy) is 2. The molecule has 0 aromatic rings. The van der Waals surface area contributed by atoms with Gasteiger partial charge in [-0.15, -0.1) is 0 Å². The minimum absolute atomic E-state index is 0.188. The summed E-state index contributed by atoms with van der Waals surface area (Å²) >= 11 is 0. The average Bonchev–Trinajstić information content (AvgIpc) is 2.56. The lowest BCUT2D eigenvalue weighted by molar-refractivity contribution is -0.318. The second-order valence-corrected chi connectivity index (χ2v) is 5.24. The van der Waals surface area contributed by atoms with Crippen molar-refractivity contribution in [1.82, 2.24) is 0 Å². The summed E-state index contributed by atoms with van der Waals surface area (Å²) in [5, 5.41) is 75.1. The zero-order chi connectivity index (χ0) is 19.5. The molecule has 0 aromatic heterocycles. The number of hydrogen-bond acceptors (Lipinski definition) is 11. The number of hydrogen-bond donors (Lipinski definition) is 8. The normalized spacial score (nSPS) is 34.6. The summed E-state index contributed by atoms with van der Waals surface area (Å²) in [4.78, 5) is 32.3. The molecule has 0 radical (unpaired) electrons. The molecule has 0 saturated carbocycles. The zero-order valence-corrected chi connectivity index (χ0v) is 12.4. The molecule has 1 saturated heterocycles. The molecule has 1 fully saturated rings. The third kappa shape index (κ3) is 4.68. The van der Waals surface area contributed by atoms with E-state index in [1.165, 1.54) is 0 Å². The molecule has 144 valence electrons. The van der Waals surface area contributed by atoms with Crippen molar-refractivity contribution in [2.24, 2.45) is 0 Å². The molecule has 1 heterocycles. The fourth-order valence-corrected chi connectivity index (χ4v) is 2.08. The number of aliphatic hydroxyl groups is 6. The van der Waals surface area contributed by atoms with Crippen LogP contribution in [0.1, 0.15) is 0 Å². The summed E-state index contributed by atoms with van der Waals surface area (Å²) in [6, 6.07) is 0. The molecule has 25 heavy (non-hydrogen) atoms. The molecule has 0 amide bonds. The molecule has 8 N–H and O–H groups in total.